The summed E-state index contributed by atoms with van der Waals surface area (Å²) >= 11 is 0. The van der Waals surface area contributed by atoms with Crippen molar-refractivity contribution in [1.29, 1.82) is 0 Å². The van der Waals surface area contributed by atoms with Crippen LogP contribution in [0.2, 0.25) is 0 Å². The van der Waals surface area contributed by atoms with Gasteiger partial charge in [-0.25, -0.2) is 0 Å². The summed E-state index contributed by atoms with van der Waals surface area (Å²) in [5, 5.41) is 3.39. The maximum absolute atomic E-state index is 12.5. The Hall–Kier alpha value is -3.38. The second-order valence-corrected chi connectivity index (χ2v) is 7.90. The predicted octanol–water partition coefficient (Wildman–Crippen LogP) is 4.14. The lowest BCUT2D eigenvalue weighted by atomic mass is 10.1. The average molecular weight is 430 g/mol. The number of hydrogen-bond acceptors (Lipinski definition) is 4. The highest BCUT2D eigenvalue weighted by Crippen LogP contribution is 2.24. The molecular formula is C26H31N5O. The van der Waals surface area contributed by atoms with Gasteiger partial charge in [-0.1, -0.05) is 18.2 Å². The molecule has 3 aromatic rings. The van der Waals surface area contributed by atoms with Gasteiger partial charge in [-0.3, -0.25) is 9.78 Å². The van der Waals surface area contributed by atoms with Crippen LogP contribution in [0.15, 0.2) is 54.7 Å². The number of hydrogen-bond donors (Lipinski definition) is 2. The number of aromatic amines is 1. The molecule has 1 amide bonds. The van der Waals surface area contributed by atoms with Crippen LogP contribution in [-0.4, -0.2) is 60.0 Å². The summed E-state index contributed by atoms with van der Waals surface area (Å²) in [6.07, 6.45) is 5.87. The zero-order valence-electron chi connectivity index (χ0n) is 18.8. The van der Waals surface area contributed by atoms with E-state index >= 15 is 0 Å². The van der Waals surface area contributed by atoms with E-state index in [0.717, 1.165) is 73.2 Å². The summed E-state index contributed by atoms with van der Waals surface area (Å²) in [5.41, 5.74) is 4.85. The minimum Gasteiger partial charge on any atom is -0.356 e. The van der Waals surface area contributed by atoms with E-state index in [1.807, 2.05) is 67.4 Å². The van der Waals surface area contributed by atoms with Gasteiger partial charge in [-0.2, -0.15) is 0 Å². The predicted molar refractivity (Wildman–Crippen MR) is 132 cm³/mol. The third kappa shape index (κ3) is 5.08. The van der Waals surface area contributed by atoms with Gasteiger partial charge in [-0.15, -0.1) is 0 Å². The molecule has 32 heavy (non-hydrogen) atoms. The van der Waals surface area contributed by atoms with Crippen molar-refractivity contribution in [1.82, 2.24) is 20.2 Å². The van der Waals surface area contributed by atoms with Crippen LogP contribution < -0.4 is 10.2 Å². The van der Waals surface area contributed by atoms with E-state index < -0.39 is 0 Å². The minimum absolute atomic E-state index is 0.0750. The maximum atomic E-state index is 12.5. The fourth-order valence-corrected chi connectivity index (χ4v) is 3.96. The fourth-order valence-electron chi connectivity index (χ4n) is 3.96. The molecule has 0 spiro atoms. The van der Waals surface area contributed by atoms with Gasteiger partial charge < -0.3 is 20.1 Å². The Morgan fingerprint density at radius 2 is 1.78 bits per heavy atom. The molecule has 2 N–H and O–H groups in total. The molecule has 0 saturated carbocycles. The van der Waals surface area contributed by atoms with Crippen LogP contribution in [-0.2, 0) is 0 Å². The number of H-pyrrole nitrogens is 1. The summed E-state index contributed by atoms with van der Waals surface area (Å²) in [5.74, 6) is 1.24. The number of aromatic nitrogens is 2. The van der Waals surface area contributed by atoms with Gasteiger partial charge in [0.25, 0.3) is 5.91 Å². The Balaban J connectivity index is 1.45. The molecule has 1 aliphatic heterocycles. The van der Waals surface area contributed by atoms with E-state index in [1.165, 1.54) is 0 Å². The number of nitrogens with one attached hydrogen (secondary N) is 2. The first-order chi connectivity index (χ1) is 15.7. The van der Waals surface area contributed by atoms with Gasteiger partial charge in [-0.05, 0) is 61.9 Å². The van der Waals surface area contributed by atoms with Crippen molar-refractivity contribution in [2.75, 3.05) is 44.2 Å². The number of anilines is 1. The first-order valence-corrected chi connectivity index (χ1v) is 11.4. The van der Waals surface area contributed by atoms with E-state index in [2.05, 4.69) is 38.4 Å². The highest BCUT2D eigenvalue weighted by Gasteiger charge is 2.13. The van der Waals surface area contributed by atoms with Gasteiger partial charge in [0.2, 0.25) is 0 Å². The lowest BCUT2D eigenvalue weighted by Gasteiger charge is -2.28. The molecule has 0 aliphatic carbocycles. The number of pyridine rings is 1. The minimum atomic E-state index is 0.0750. The molecule has 1 aromatic carbocycles. The van der Waals surface area contributed by atoms with Crippen molar-refractivity contribution >= 4 is 23.9 Å². The van der Waals surface area contributed by atoms with Crippen molar-refractivity contribution in [3.8, 4) is 11.3 Å². The number of rotatable bonds is 7. The molecule has 6 nitrogen and oxygen atoms in total. The Morgan fingerprint density at radius 1 is 1.03 bits per heavy atom. The molecule has 3 heterocycles. The van der Waals surface area contributed by atoms with Crippen molar-refractivity contribution < 1.29 is 4.79 Å². The van der Waals surface area contributed by atoms with Gasteiger partial charge in [0.05, 0.1) is 5.69 Å². The number of piperazine rings is 1. The summed E-state index contributed by atoms with van der Waals surface area (Å²) in [6, 6.07) is 16.1. The highest BCUT2D eigenvalue weighted by atomic mass is 16.2. The lowest BCUT2D eigenvalue weighted by molar-refractivity contribution is 0.0773. The van der Waals surface area contributed by atoms with Gasteiger partial charge in [0.15, 0.2) is 0 Å². The SMILES string of the molecule is CCN(CC)C(=O)c1ccc(/C=C/c2cc(-c3ccc(N4CCNCC4)[nH]3)ccn2)cc1. The van der Waals surface area contributed by atoms with Gasteiger partial charge in [0, 0.05) is 62.3 Å². The van der Waals surface area contributed by atoms with E-state index in [-0.39, 0.29) is 5.91 Å². The van der Waals surface area contributed by atoms with Crippen molar-refractivity contribution in [3.63, 3.8) is 0 Å². The molecule has 6 heteroatoms. The molecule has 1 aliphatic rings. The molecule has 4 rings (SSSR count). The van der Waals surface area contributed by atoms with Crippen LogP contribution >= 0.6 is 0 Å². The summed E-state index contributed by atoms with van der Waals surface area (Å²) in [6.45, 7) is 9.50. The van der Waals surface area contributed by atoms with E-state index in [9.17, 15) is 4.79 Å². The average Bonchev–Trinajstić information content (AvgIpc) is 3.35. The molecule has 0 atom stereocenters. The van der Waals surface area contributed by atoms with E-state index in [0.29, 0.717) is 0 Å². The first-order valence-electron chi connectivity index (χ1n) is 11.4. The first kappa shape index (κ1) is 21.8. The molecule has 0 bridgehead atoms. The molecule has 0 unspecified atom stereocenters. The summed E-state index contributed by atoms with van der Waals surface area (Å²) in [4.78, 5) is 24.7. The van der Waals surface area contributed by atoms with Gasteiger partial charge in [0.1, 0.15) is 5.82 Å². The Kier molecular flexibility index (Phi) is 7.02. The van der Waals surface area contributed by atoms with Crippen LogP contribution in [0.25, 0.3) is 23.4 Å². The van der Waals surface area contributed by atoms with E-state index in [4.69, 9.17) is 0 Å². The van der Waals surface area contributed by atoms with E-state index in [1.54, 1.807) is 0 Å². The summed E-state index contributed by atoms with van der Waals surface area (Å²) in [7, 11) is 0. The fraction of sp³-hybridized carbons (Fsp3) is 0.308. The van der Waals surface area contributed by atoms with Crippen molar-refractivity contribution in [3.05, 3.63) is 71.5 Å². The zero-order chi connectivity index (χ0) is 22.3. The topological polar surface area (TPSA) is 64.3 Å². The quantitative estimate of drug-likeness (QED) is 0.593. The van der Waals surface area contributed by atoms with Crippen molar-refractivity contribution in [2.45, 2.75) is 13.8 Å². The Labute approximate surface area is 190 Å². The highest BCUT2D eigenvalue weighted by molar-refractivity contribution is 5.94. The number of amides is 1. The second kappa shape index (κ2) is 10.3. The number of benzene rings is 1. The molecule has 0 radical (unpaired) electrons. The molecule has 1 fully saturated rings. The van der Waals surface area contributed by atoms with Crippen LogP contribution in [0.1, 0.15) is 35.5 Å². The number of nitrogens with zero attached hydrogens (tertiary/aromatic N) is 3. The summed E-state index contributed by atoms with van der Waals surface area (Å²) < 4.78 is 0. The third-order valence-corrected chi connectivity index (χ3v) is 5.88. The molecule has 2 aromatic heterocycles. The number of carbonyl (C=O) groups excluding carboxylic acids is 1. The lowest BCUT2D eigenvalue weighted by Crippen LogP contribution is -2.43. The van der Waals surface area contributed by atoms with Crippen molar-refractivity contribution in [2.24, 2.45) is 0 Å². The standard InChI is InChI=1S/C26H31N5O/c1-3-30(4-2)26(32)21-8-5-20(6-9-21)7-10-23-19-22(13-14-28-23)24-11-12-25(29-24)31-17-15-27-16-18-31/h5-14,19,27,29H,3-4,15-18H2,1-2H3/b10-7+. The zero-order valence-corrected chi connectivity index (χ0v) is 18.8. The van der Waals surface area contributed by atoms with Crippen LogP contribution in [0.4, 0.5) is 5.82 Å². The molecular weight excluding hydrogens is 398 g/mol. The second-order valence-electron chi connectivity index (χ2n) is 7.90. The largest absolute Gasteiger partial charge is 0.356 e. The molecule has 1 saturated heterocycles. The number of carbonyl (C=O) groups is 1. The smallest absolute Gasteiger partial charge is 0.253 e. The Bertz CT molecular complexity index is 1060. The third-order valence-electron chi connectivity index (χ3n) is 5.88. The van der Waals surface area contributed by atoms with Crippen LogP contribution in [0, 0.1) is 0 Å². The van der Waals surface area contributed by atoms with Gasteiger partial charge >= 0.3 is 0 Å². The molecule has 166 valence electrons. The Morgan fingerprint density at radius 3 is 2.50 bits per heavy atom. The van der Waals surface area contributed by atoms with Crippen LogP contribution in [0.5, 0.6) is 0 Å². The monoisotopic (exact) mass is 429 g/mol. The van der Waals surface area contributed by atoms with Crippen LogP contribution in [0.3, 0.4) is 0 Å². The normalized spacial score (nSPS) is 14.1. The maximum Gasteiger partial charge on any atom is 0.253 e.